The van der Waals surface area contributed by atoms with Crippen LogP contribution < -0.4 is 15.4 Å². The Kier molecular flexibility index (Phi) is 7.60. The molecule has 0 aliphatic carbocycles. The smallest absolute Gasteiger partial charge is 0.326 e. The number of alkyl halides is 1. The zero-order chi connectivity index (χ0) is 19.0. The van der Waals surface area contributed by atoms with E-state index in [1.54, 1.807) is 0 Å². The van der Waals surface area contributed by atoms with E-state index in [9.17, 15) is 19.2 Å². The quantitative estimate of drug-likeness (QED) is 0.451. The van der Waals surface area contributed by atoms with Gasteiger partial charge in [-0.15, -0.1) is 11.6 Å². The minimum Gasteiger partial charge on any atom is -0.481 e. The number of hydrogen-bond donors (Lipinski definition) is 4. The second kappa shape index (κ2) is 9.42. The molecule has 4 N–H and O–H groups in total. The molecule has 0 saturated carbocycles. The van der Waals surface area contributed by atoms with E-state index in [-0.39, 0.29) is 29.6 Å². The Labute approximate surface area is 147 Å². The van der Waals surface area contributed by atoms with E-state index in [1.165, 1.54) is 19.2 Å². The molecule has 1 aromatic heterocycles. The summed E-state index contributed by atoms with van der Waals surface area (Å²) in [6.07, 6.45) is -0.700. The van der Waals surface area contributed by atoms with Crippen LogP contribution in [-0.4, -0.2) is 58.0 Å². The van der Waals surface area contributed by atoms with E-state index >= 15 is 0 Å². The van der Waals surface area contributed by atoms with Crippen molar-refractivity contribution in [2.24, 2.45) is 0 Å². The Hall–Kier alpha value is -2.88. The van der Waals surface area contributed by atoms with Crippen LogP contribution in [0.3, 0.4) is 0 Å². The number of nitrogens with one attached hydrogen (secondary N) is 2. The van der Waals surface area contributed by atoms with Gasteiger partial charge in [0.1, 0.15) is 23.3 Å². The van der Waals surface area contributed by atoms with Gasteiger partial charge in [-0.2, -0.15) is 0 Å². The van der Waals surface area contributed by atoms with Crippen molar-refractivity contribution in [3.63, 3.8) is 0 Å². The number of carbonyl (C=O) groups is 4. The number of methoxy groups -OCH3 is 1. The number of carbonyl (C=O) groups excluding carboxylic acids is 2. The molecule has 1 rings (SSSR count). The highest BCUT2D eigenvalue weighted by Crippen LogP contribution is 2.22. The van der Waals surface area contributed by atoms with Crippen LogP contribution in [0.5, 0.6) is 5.88 Å². The first-order chi connectivity index (χ1) is 11.8. The van der Waals surface area contributed by atoms with Crippen LogP contribution in [0, 0.1) is 0 Å². The maximum atomic E-state index is 12.1. The lowest BCUT2D eigenvalue weighted by atomic mass is 10.1. The summed E-state index contributed by atoms with van der Waals surface area (Å²) in [4.78, 5) is 48.9. The average molecular weight is 374 g/mol. The molecule has 2 amide bonds. The van der Waals surface area contributed by atoms with Crippen molar-refractivity contribution in [1.29, 1.82) is 0 Å². The number of anilines is 1. The number of ether oxygens (including phenoxy) is 1. The molecule has 136 valence electrons. The minimum absolute atomic E-state index is 0.0662. The molecule has 1 atom stereocenters. The van der Waals surface area contributed by atoms with Crippen LogP contribution in [0.15, 0.2) is 12.1 Å². The molecule has 25 heavy (non-hydrogen) atoms. The van der Waals surface area contributed by atoms with Gasteiger partial charge in [-0.3, -0.25) is 14.4 Å². The third-order valence-electron chi connectivity index (χ3n) is 2.93. The molecule has 0 saturated heterocycles. The highest BCUT2D eigenvalue weighted by Gasteiger charge is 2.23. The summed E-state index contributed by atoms with van der Waals surface area (Å²) in [5, 5.41) is 22.3. The molecular weight excluding hydrogens is 358 g/mol. The fourth-order valence-corrected chi connectivity index (χ4v) is 1.83. The van der Waals surface area contributed by atoms with Gasteiger partial charge in [0.15, 0.2) is 0 Å². The second-order valence-electron chi connectivity index (χ2n) is 4.73. The van der Waals surface area contributed by atoms with Crippen molar-refractivity contribution in [1.82, 2.24) is 10.3 Å². The number of hydrogen-bond acceptors (Lipinski definition) is 6. The topological polar surface area (TPSA) is 155 Å². The molecule has 1 aromatic rings. The standard InChI is InChI=1S/C14H16ClN3O7/c1-25-13-8(16-10(19)6-15)3-2-7(18-13)12(22)17-9(14(23)24)4-5-11(20)21/h2-3,9H,4-6H2,1H3,(H,16,19)(H,17,22)(H,20,21)(H,23,24)/t9-/m0/s1. The number of pyridine rings is 1. The van der Waals surface area contributed by atoms with Gasteiger partial charge >= 0.3 is 11.9 Å². The minimum atomic E-state index is -1.38. The number of nitrogens with zero attached hydrogens (tertiary/aromatic N) is 1. The predicted molar refractivity (Wildman–Crippen MR) is 85.9 cm³/mol. The van der Waals surface area contributed by atoms with E-state index in [1.807, 2.05) is 0 Å². The van der Waals surface area contributed by atoms with Gasteiger partial charge in [-0.05, 0) is 18.6 Å². The zero-order valence-corrected chi connectivity index (χ0v) is 13.9. The van der Waals surface area contributed by atoms with Crippen LogP contribution in [0.4, 0.5) is 5.69 Å². The van der Waals surface area contributed by atoms with E-state index in [0.29, 0.717) is 0 Å². The molecule has 11 heteroatoms. The fraction of sp³-hybridized carbons (Fsp3) is 0.357. The Balaban J connectivity index is 2.91. The van der Waals surface area contributed by atoms with Crippen LogP contribution >= 0.6 is 11.6 Å². The number of rotatable bonds is 9. The van der Waals surface area contributed by atoms with E-state index in [4.69, 9.17) is 26.6 Å². The number of carboxylic acids is 2. The largest absolute Gasteiger partial charge is 0.481 e. The molecule has 0 aromatic carbocycles. The van der Waals surface area contributed by atoms with E-state index in [2.05, 4.69) is 15.6 Å². The summed E-state index contributed by atoms with van der Waals surface area (Å²) in [5.74, 6) is -4.23. The van der Waals surface area contributed by atoms with Gasteiger partial charge in [0.05, 0.1) is 7.11 Å². The summed E-state index contributed by atoms with van der Waals surface area (Å²) >= 11 is 5.38. The van der Waals surface area contributed by atoms with Gasteiger partial charge < -0.3 is 25.6 Å². The monoisotopic (exact) mass is 373 g/mol. The SMILES string of the molecule is COc1nc(C(=O)N[C@@H](CCC(=O)O)C(=O)O)ccc1NC(=O)CCl. The number of amides is 2. The summed E-state index contributed by atoms with van der Waals surface area (Å²) < 4.78 is 4.97. The second-order valence-corrected chi connectivity index (χ2v) is 5.00. The van der Waals surface area contributed by atoms with Gasteiger partial charge in [-0.25, -0.2) is 9.78 Å². The summed E-state index contributed by atoms with van der Waals surface area (Å²) in [7, 11) is 1.27. The number of halogens is 1. The number of aliphatic carboxylic acids is 2. The highest BCUT2D eigenvalue weighted by atomic mass is 35.5. The zero-order valence-electron chi connectivity index (χ0n) is 13.1. The van der Waals surface area contributed by atoms with Crippen LogP contribution in [-0.2, 0) is 14.4 Å². The molecule has 1 heterocycles. The lowest BCUT2D eigenvalue weighted by Gasteiger charge is -2.14. The van der Waals surface area contributed by atoms with Crippen molar-refractivity contribution in [2.45, 2.75) is 18.9 Å². The maximum absolute atomic E-state index is 12.1. The van der Waals surface area contributed by atoms with Gasteiger partial charge in [0.25, 0.3) is 5.91 Å². The molecule has 0 aliphatic heterocycles. The van der Waals surface area contributed by atoms with Crippen molar-refractivity contribution >= 4 is 41.0 Å². The molecule has 0 bridgehead atoms. The predicted octanol–water partition coefficient (Wildman–Crippen LogP) is 0.315. The number of aromatic nitrogens is 1. The summed E-state index contributed by atoms with van der Waals surface area (Å²) in [6, 6.07) is 1.21. The molecule has 0 unspecified atom stereocenters. The first kappa shape index (κ1) is 20.2. The molecular formula is C14H16ClN3O7. The van der Waals surface area contributed by atoms with Crippen LogP contribution in [0.25, 0.3) is 0 Å². The van der Waals surface area contributed by atoms with E-state index in [0.717, 1.165) is 0 Å². The lowest BCUT2D eigenvalue weighted by Crippen LogP contribution is -2.41. The molecule has 10 nitrogen and oxygen atoms in total. The Morgan fingerprint density at radius 1 is 1.28 bits per heavy atom. The molecule has 0 spiro atoms. The Morgan fingerprint density at radius 3 is 2.48 bits per heavy atom. The van der Waals surface area contributed by atoms with Crippen molar-refractivity contribution in [3.05, 3.63) is 17.8 Å². The van der Waals surface area contributed by atoms with Crippen LogP contribution in [0.1, 0.15) is 23.3 Å². The molecule has 0 fully saturated rings. The summed E-state index contributed by atoms with van der Waals surface area (Å²) in [5.41, 5.74) is 0.0210. The molecule has 0 radical (unpaired) electrons. The third-order valence-corrected chi connectivity index (χ3v) is 3.17. The van der Waals surface area contributed by atoms with Crippen molar-refractivity contribution in [3.8, 4) is 5.88 Å². The van der Waals surface area contributed by atoms with Gasteiger partial charge in [-0.1, -0.05) is 0 Å². The average Bonchev–Trinajstić information content (AvgIpc) is 2.57. The van der Waals surface area contributed by atoms with Crippen molar-refractivity contribution < 1.29 is 34.1 Å². The molecule has 0 aliphatic rings. The van der Waals surface area contributed by atoms with Crippen LogP contribution in [0.2, 0.25) is 0 Å². The lowest BCUT2D eigenvalue weighted by molar-refractivity contribution is -0.140. The normalized spacial score (nSPS) is 11.3. The van der Waals surface area contributed by atoms with Gasteiger partial charge in [0, 0.05) is 6.42 Å². The Bertz CT molecular complexity index is 680. The maximum Gasteiger partial charge on any atom is 0.326 e. The van der Waals surface area contributed by atoms with E-state index < -0.39 is 36.2 Å². The van der Waals surface area contributed by atoms with Crippen molar-refractivity contribution in [2.75, 3.05) is 18.3 Å². The number of carboxylic acid groups (broad SMARTS) is 2. The highest BCUT2D eigenvalue weighted by molar-refractivity contribution is 6.29. The first-order valence-corrected chi connectivity index (χ1v) is 7.48. The first-order valence-electron chi connectivity index (χ1n) is 6.94. The summed E-state index contributed by atoms with van der Waals surface area (Å²) in [6.45, 7) is 0. The third kappa shape index (κ3) is 6.26. The van der Waals surface area contributed by atoms with Gasteiger partial charge in [0.2, 0.25) is 11.8 Å². The fourth-order valence-electron chi connectivity index (χ4n) is 1.76. The Morgan fingerprint density at radius 2 is 1.96 bits per heavy atom.